The Hall–Kier alpha value is -2.39. The summed E-state index contributed by atoms with van der Waals surface area (Å²) in [6, 6.07) is 5.77. The SMILES string of the molecule is Cn1ccnc1[C@H]1OCCC[C@@H]1Nc1ccc(C#N)cn1. The quantitative estimate of drug-likeness (QED) is 0.932. The summed E-state index contributed by atoms with van der Waals surface area (Å²) in [6.07, 6.45) is 7.20. The van der Waals surface area contributed by atoms with E-state index in [1.165, 1.54) is 0 Å². The lowest BCUT2D eigenvalue weighted by atomic mass is 10.0. The van der Waals surface area contributed by atoms with E-state index in [-0.39, 0.29) is 12.1 Å². The molecule has 1 fully saturated rings. The number of rotatable bonds is 3. The Morgan fingerprint density at radius 3 is 3.00 bits per heavy atom. The van der Waals surface area contributed by atoms with E-state index in [9.17, 15) is 0 Å². The van der Waals surface area contributed by atoms with Crippen molar-refractivity contribution in [2.75, 3.05) is 11.9 Å². The molecule has 1 N–H and O–H groups in total. The molecule has 0 saturated carbocycles. The van der Waals surface area contributed by atoms with Gasteiger partial charge in [0.1, 0.15) is 23.8 Å². The highest BCUT2D eigenvalue weighted by Gasteiger charge is 2.30. The van der Waals surface area contributed by atoms with Crippen LogP contribution >= 0.6 is 0 Å². The monoisotopic (exact) mass is 283 g/mol. The molecule has 1 aliphatic heterocycles. The first-order valence-electron chi connectivity index (χ1n) is 6.99. The molecule has 1 saturated heterocycles. The molecular weight excluding hydrogens is 266 g/mol. The fourth-order valence-corrected chi connectivity index (χ4v) is 2.57. The number of nitriles is 1. The van der Waals surface area contributed by atoms with Gasteiger partial charge in [0.15, 0.2) is 0 Å². The van der Waals surface area contributed by atoms with Gasteiger partial charge in [0.25, 0.3) is 0 Å². The molecule has 0 bridgehead atoms. The van der Waals surface area contributed by atoms with Crippen molar-refractivity contribution in [3.63, 3.8) is 0 Å². The van der Waals surface area contributed by atoms with Crippen LogP contribution in [0.2, 0.25) is 0 Å². The van der Waals surface area contributed by atoms with Crippen LogP contribution in [0.5, 0.6) is 0 Å². The molecule has 0 unspecified atom stereocenters. The molecule has 0 spiro atoms. The molecule has 0 radical (unpaired) electrons. The van der Waals surface area contributed by atoms with Crippen LogP contribution in [0.15, 0.2) is 30.7 Å². The third-order valence-corrected chi connectivity index (χ3v) is 3.66. The predicted molar refractivity (Wildman–Crippen MR) is 77.5 cm³/mol. The Labute approximate surface area is 123 Å². The van der Waals surface area contributed by atoms with Gasteiger partial charge in [-0.25, -0.2) is 9.97 Å². The number of ether oxygens (including phenoxy) is 1. The number of aryl methyl sites for hydroxylation is 1. The van der Waals surface area contributed by atoms with Gasteiger partial charge < -0.3 is 14.6 Å². The highest BCUT2D eigenvalue weighted by molar-refractivity contribution is 5.40. The molecule has 0 aliphatic carbocycles. The summed E-state index contributed by atoms with van der Waals surface area (Å²) in [4.78, 5) is 8.66. The van der Waals surface area contributed by atoms with Crippen molar-refractivity contribution in [3.8, 4) is 6.07 Å². The van der Waals surface area contributed by atoms with Crippen molar-refractivity contribution in [1.29, 1.82) is 5.26 Å². The molecule has 6 nitrogen and oxygen atoms in total. The van der Waals surface area contributed by atoms with E-state index in [4.69, 9.17) is 10.00 Å². The first kappa shape index (κ1) is 13.6. The van der Waals surface area contributed by atoms with Gasteiger partial charge in [-0.05, 0) is 25.0 Å². The third kappa shape index (κ3) is 2.88. The summed E-state index contributed by atoms with van der Waals surface area (Å²) in [7, 11) is 1.97. The maximum absolute atomic E-state index is 8.81. The van der Waals surface area contributed by atoms with Crippen LogP contribution in [-0.4, -0.2) is 27.2 Å². The molecule has 3 heterocycles. The maximum Gasteiger partial charge on any atom is 0.139 e. The van der Waals surface area contributed by atoms with Crippen LogP contribution < -0.4 is 5.32 Å². The van der Waals surface area contributed by atoms with Crippen LogP contribution in [0.1, 0.15) is 30.3 Å². The number of anilines is 1. The Morgan fingerprint density at radius 2 is 2.33 bits per heavy atom. The van der Waals surface area contributed by atoms with Crippen molar-refractivity contribution >= 4 is 5.82 Å². The summed E-state index contributed by atoms with van der Waals surface area (Å²) in [5.41, 5.74) is 0.557. The highest BCUT2D eigenvalue weighted by atomic mass is 16.5. The fraction of sp³-hybridized carbons (Fsp3) is 0.400. The third-order valence-electron chi connectivity index (χ3n) is 3.66. The van der Waals surface area contributed by atoms with Crippen LogP contribution in [0.3, 0.4) is 0 Å². The van der Waals surface area contributed by atoms with E-state index < -0.39 is 0 Å². The summed E-state index contributed by atoms with van der Waals surface area (Å²) in [5, 5.41) is 12.2. The van der Waals surface area contributed by atoms with E-state index >= 15 is 0 Å². The van der Waals surface area contributed by atoms with E-state index in [2.05, 4.69) is 21.4 Å². The number of hydrogen-bond donors (Lipinski definition) is 1. The Kier molecular flexibility index (Phi) is 3.84. The average Bonchev–Trinajstić information content (AvgIpc) is 2.95. The zero-order chi connectivity index (χ0) is 14.7. The second kappa shape index (κ2) is 5.94. The van der Waals surface area contributed by atoms with Crippen molar-refractivity contribution in [2.24, 2.45) is 7.05 Å². The minimum atomic E-state index is -0.0869. The van der Waals surface area contributed by atoms with Gasteiger partial charge in [-0.1, -0.05) is 0 Å². The molecule has 21 heavy (non-hydrogen) atoms. The average molecular weight is 283 g/mol. The predicted octanol–water partition coefficient (Wildman–Crippen LogP) is 2.02. The van der Waals surface area contributed by atoms with Gasteiger partial charge in [0, 0.05) is 32.2 Å². The smallest absolute Gasteiger partial charge is 0.139 e. The van der Waals surface area contributed by atoms with Crippen molar-refractivity contribution in [2.45, 2.75) is 25.0 Å². The first-order chi connectivity index (χ1) is 10.3. The lowest BCUT2D eigenvalue weighted by Gasteiger charge is -2.32. The highest BCUT2D eigenvalue weighted by Crippen LogP contribution is 2.29. The van der Waals surface area contributed by atoms with Crippen LogP contribution in [0.4, 0.5) is 5.82 Å². The Bertz CT molecular complexity index is 643. The molecule has 0 aromatic carbocycles. The molecule has 0 amide bonds. The normalized spacial score (nSPS) is 21.7. The molecule has 2 atom stereocenters. The zero-order valence-electron chi connectivity index (χ0n) is 11.9. The van der Waals surface area contributed by atoms with Crippen molar-refractivity contribution < 1.29 is 4.74 Å². The lowest BCUT2D eigenvalue weighted by molar-refractivity contribution is -0.00135. The maximum atomic E-state index is 8.81. The summed E-state index contributed by atoms with van der Waals surface area (Å²) in [6.45, 7) is 0.747. The van der Waals surface area contributed by atoms with Crippen LogP contribution in [-0.2, 0) is 11.8 Å². The van der Waals surface area contributed by atoms with Gasteiger partial charge >= 0.3 is 0 Å². The molecule has 108 valence electrons. The number of imidazole rings is 1. The minimum Gasteiger partial charge on any atom is -0.368 e. The number of pyridine rings is 1. The van der Waals surface area contributed by atoms with E-state index in [0.717, 1.165) is 31.1 Å². The topological polar surface area (TPSA) is 75.8 Å². The number of hydrogen-bond acceptors (Lipinski definition) is 5. The van der Waals surface area contributed by atoms with Gasteiger partial charge in [-0.2, -0.15) is 5.26 Å². The van der Waals surface area contributed by atoms with E-state index in [1.807, 2.05) is 23.9 Å². The molecule has 3 rings (SSSR count). The number of nitrogens with one attached hydrogen (secondary N) is 1. The lowest BCUT2D eigenvalue weighted by Crippen LogP contribution is -2.35. The number of nitrogens with zero attached hydrogens (tertiary/aromatic N) is 4. The Morgan fingerprint density at radius 1 is 1.43 bits per heavy atom. The van der Waals surface area contributed by atoms with Crippen LogP contribution in [0.25, 0.3) is 0 Å². The van der Waals surface area contributed by atoms with Gasteiger partial charge in [-0.15, -0.1) is 0 Å². The zero-order valence-corrected chi connectivity index (χ0v) is 11.9. The summed E-state index contributed by atoms with van der Waals surface area (Å²) >= 11 is 0. The van der Waals surface area contributed by atoms with Gasteiger partial charge in [0.2, 0.25) is 0 Å². The molecular formula is C15H17N5O. The summed E-state index contributed by atoms with van der Waals surface area (Å²) in [5.74, 6) is 1.67. The van der Waals surface area contributed by atoms with Crippen molar-refractivity contribution in [1.82, 2.24) is 14.5 Å². The first-order valence-corrected chi connectivity index (χ1v) is 6.99. The van der Waals surface area contributed by atoms with Crippen LogP contribution in [0, 0.1) is 11.3 Å². The van der Waals surface area contributed by atoms with E-state index in [1.54, 1.807) is 18.5 Å². The number of aromatic nitrogens is 3. The second-order valence-electron chi connectivity index (χ2n) is 5.12. The Balaban J connectivity index is 1.78. The van der Waals surface area contributed by atoms with E-state index in [0.29, 0.717) is 5.56 Å². The summed E-state index contributed by atoms with van der Waals surface area (Å²) < 4.78 is 7.89. The van der Waals surface area contributed by atoms with Crippen molar-refractivity contribution in [3.05, 3.63) is 42.1 Å². The molecule has 1 aliphatic rings. The minimum absolute atomic E-state index is 0.0869. The molecule has 6 heteroatoms. The largest absolute Gasteiger partial charge is 0.368 e. The van der Waals surface area contributed by atoms with Gasteiger partial charge in [-0.3, -0.25) is 0 Å². The molecule has 2 aromatic heterocycles. The standard InChI is InChI=1S/C15H17N5O/c1-20-7-6-17-15(20)14-12(3-2-8-21-14)19-13-5-4-11(9-16)10-18-13/h4-7,10,12,14H,2-3,8H2,1H3,(H,18,19)/t12-,14-/m0/s1. The molecule has 2 aromatic rings. The fourth-order valence-electron chi connectivity index (χ4n) is 2.57. The second-order valence-corrected chi connectivity index (χ2v) is 5.12. The van der Waals surface area contributed by atoms with Gasteiger partial charge in [0.05, 0.1) is 11.6 Å².